The first-order valence-corrected chi connectivity index (χ1v) is 5.37. The number of benzene rings is 1. The van der Waals surface area contributed by atoms with E-state index in [9.17, 15) is 0 Å². The first-order valence-electron chi connectivity index (χ1n) is 5.37. The summed E-state index contributed by atoms with van der Waals surface area (Å²) in [6.07, 6.45) is 2.49. The van der Waals surface area contributed by atoms with E-state index in [1.807, 2.05) is 13.8 Å². The maximum absolute atomic E-state index is 2.30. The second-order valence-corrected chi connectivity index (χ2v) is 3.20. The molecular formula is C13H22. The van der Waals surface area contributed by atoms with Gasteiger partial charge < -0.3 is 0 Å². The Hall–Kier alpha value is -0.780. The molecule has 1 atom stereocenters. The van der Waals surface area contributed by atoms with Crippen LogP contribution in [0, 0.1) is 5.92 Å². The number of rotatable bonds is 3. The van der Waals surface area contributed by atoms with Crippen LogP contribution in [0.1, 0.15) is 39.7 Å². The summed E-state index contributed by atoms with van der Waals surface area (Å²) in [5.74, 6) is 0.817. The largest absolute Gasteiger partial charge is 0.0683 e. The van der Waals surface area contributed by atoms with Gasteiger partial charge in [0, 0.05) is 0 Å². The van der Waals surface area contributed by atoms with Gasteiger partial charge >= 0.3 is 0 Å². The van der Waals surface area contributed by atoms with Crippen molar-refractivity contribution in [3.05, 3.63) is 35.9 Å². The van der Waals surface area contributed by atoms with E-state index in [1.165, 1.54) is 18.4 Å². The Morgan fingerprint density at radius 1 is 1.08 bits per heavy atom. The van der Waals surface area contributed by atoms with E-state index in [1.54, 1.807) is 0 Å². The molecule has 0 heteroatoms. The molecule has 0 amide bonds. The van der Waals surface area contributed by atoms with Crippen LogP contribution in [-0.4, -0.2) is 0 Å². The average molecular weight is 178 g/mol. The van der Waals surface area contributed by atoms with Crippen molar-refractivity contribution in [3.8, 4) is 0 Å². The maximum Gasteiger partial charge on any atom is -0.0253 e. The van der Waals surface area contributed by atoms with Crippen LogP contribution >= 0.6 is 0 Å². The lowest BCUT2D eigenvalue weighted by Crippen LogP contribution is -1.96. The predicted molar refractivity (Wildman–Crippen MR) is 60.9 cm³/mol. The third-order valence-corrected chi connectivity index (χ3v) is 2.12. The molecule has 0 nitrogen and oxygen atoms in total. The predicted octanol–water partition coefficient (Wildman–Crippen LogP) is 4.30. The summed E-state index contributed by atoms with van der Waals surface area (Å²) >= 11 is 0. The molecule has 74 valence electrons. The SMILES string of the molecule is CC.CCC(C)Cc1ccccc1. The molecule has 1 aromatic carbocycles. The third-order valence-electron chi connectivity index (χ3n) is 2.12. The summed E-state index contributed by atoms with van der Waals surface area (Å²) < 4.78 is 0. The van der Waals surface area contributed by atoms with E-state index >= 15 is 0 Å². The number of hydrogen-bond acceptors (Lipinski definition) is 0. The van der Waals surface area contributed by atoms with Crippen molar-refractivity contribution < 1.29 is 0 Å². The topological polar surface area (TPSA) is 0 Å². The molecule has 0 spiro atoms. The minimum atomic E-state index is 0.817. The molecule has 0 saturated heterocycles. The zero-order valence-electron chi connectivity index (χ0n) is 9.38. The lowest BCUT2D eigenvalue weighted by atomic mass is 9.99. The van der Waals surface area contributed by atoms with Crippen molar-refractivity contribution in [1.82, 2.24) is 0 Å². The first kappa shape index (κ1) is 12.2. The van der Waals surface area contributed by atoms with Gasteiger partial charge in [0.15, 0.2) is 0 Å². The van der Waals surface area contributed by atoms with Crippen molar-refractivity contribution in [2.45, 2.75) is 40.5 Å². The second kappa shape index (κ2) is 7.85. The summed E-state index contributed by atoms with van der Waals surface area (Å²) in [5.41, 5.74) is 1.46. The van der Waals surface area contributed by atoms with Crippen molar-refractivity contribution in [1.29, 1.82) is 0 Å². The lowest BCUT2D eigenvalue weighted by Gasteiger charge is -2.06. The summed E-state index contributed by atoms with van der Waals surface area (Å²) in [7, 11) is 0. The Kier molecular flexibility index (Phi) is 7.38. The van der Waals surface area contributed by atoms with Crippen molar-refractivity contribution >= 4 is 0 Å². The van der Waals surface area contributed by atoms with Gasteiger partial charge in [0.05, 0.1) is 0 Å². The molecule has 0 aromatic heterocycles. The first-order chi connectivity index (χ1) is 6.33. The lowest BCUT2D eigenvalue weighted by molar-refractivity contribution is 0.560. The molecular weight excluding hydrogens is 156 g/mol. The van der Waals surface area contributed by atoms with Gasteiger partial charge in [0.1, 0.15) is 0 Å². The highest BCUT2D eigenvalue weighted by atomic mass is 14.0. The van der Waals surface area contributed by atoms with Crippen LogP contribution in [0.25, 0.3) is 0 Å². The van der Waals surface area contributed by atoms with Gasteiger partial charge in [-0.2, -0.15) is 0 Å². The molecule has 0 aliphatic heterocycles. The molecule has 1 unspecified atom stereocenters. The van der Waals surface area contributed by atoms with E-state index < -0.39 is 0 Å². The smallest absolute Gasteiger partial charge is 0.0253 e. The van der Waals surface area contributed by atoms with E-state index in [2.05, 4.69) is 44.2 Å². The van der Waals surface area contributed by atoms with Gasteiger partial charge in [0.25, 0.3) is 0 Å². The van der Waals surface area contributed by atoms with Crippen LogP contribution in [0.15, 0.2) is 30.3 Å². The van der Waals surface area contributed by atoms with Crippen molar-refractivity contribution in [2.75, 3.05) is 0 Å². The molecule has 0 heterocycles. The van der Waals surface area contributed by atoms with Crippen LogP contribution in [0.3, 0.4) is 0 Å². The van der Waals surface area contributed by atoms with Gasteiger partial charge in [-0.3, -0.25) is 0 Å². The highest BCUT2D eigenvalue weighted by molar-refractivity contribution is 5.14. The Balaban J connectivity index is 0.000000671. The molecule has 0 bridgehead atoms. The van der Waals surface area contributed by atoms with Crippen LogP contribution in [0.4, 0.5) is 0 Å². The zero-order chi connectivity index (χ0) is 10.1. The fourth-order valence-electron chi connectivity index (χ4n) is 1.16. The third kappa shape index (κ3) is 5.46. The summed E-state index contributed by atoms with van der Waals surface area (Å²) in [4.78, 5) is 0. The van der Waals surface area contributed by atoms with Gasteiger partial charge in [-0.1, -0.05) is 64.4 Å². The monoisotopic (exact) mass is 178 g/mol. The minimum Gasteiger partial charge on any atom is -0.0683 e. The molecule has 0 N–H and O–H groups in total. The Morgan fingerprint density at radius 2 is 1.62 bits per heavy atom. The van der Waals surface area contributed by atoms with E-state index in [4.69, 9.17) is 0 Å². The highest BCUT2D eigenvalue weighted by Crippen LogP contribution is 2.10. The normalized spacial score (nSPS) is 11.4. The van der Waals surface area contributed by atoms with Crippen LogP contribution < -0.4 is 0 Å². The highest BCUT2D eigenvalue weighted by Gasteiger charge is 1.98. The Morgan fingerprint density at radius 3 is 2.08 bits per heavy atom. The summed E-state index contributed by atoms with van der Waals surface area (Å²) in [5, 5.41) is 0. The molecule has 0 fully saturated rings. The summed E-state index contributed by atoms with van der Waals surface area (Å²) in [6.45, 7) is 8.54. The van der Waals surface area contributed by atoms with Crippen LogP contribution in [0.2, 0.25) is 0 Å². The van der Waals surface area contributed by atoms with Crippen molar-refractivity contribution in [2.24, 2.45) is 5.92 Å². The fourth-order valence-corrected chi connectivity index (χ4v) is 1.16. The molecule has 0 aliphatic rings. The van der Waals surface area contributed by atoms with Crippen molar-refractivity contribution in [3.63, 3.8) is 0 Å². The summed E-state index contributed by atoms with van der Waals surface area (Å²) in [6, 6.07) is 10.7. The van der Waals surface area contributed by atoms with Gasteiger partial charge in [-0.15, -0.1) is 0 Å². The standard InChI is InChI=1S/C11H16.C2H6/c1-3-10(2)9-11-7-5-4-6-8-11;1-2/h4-8,10H,3,9H2,1-2H3;1-2H3. The van der Waals surface area contributed by atoms with Gasteiger partial charge in [0.2, 0.25) is 0 Å². The van der Waals surface area contributed by atoms with Gasteiger partial charge in [-0.05, 0) is 17.9 Å². The van der Waals surface area contributed by atoms with Crippen LogP contribution in [-0.2, 0) is 6.42 Å². The van der Waals surface area contributed by atoms with Gasteiger partial charge in [-0.25, -0.2) is 0 Å². The Bertz CT molecular complexity index is 188. The van der Waals surface area contributed by atoms with E-state index in [0.717, 1.165) is 5.92 Å². The zero-order valence-corrected chi connectivity index (χ0v) is 9.38. The molecule has 0 saturated carbocycles. The molecule has 1 aromatic rings. The van der Waals surface area contributed by atoms with Crippen LogP contribution in [0.5, 0.6) is 0 Å². The molecule has 13 heavy (non-hydrogen) atoms. The molecule has 1 rings (SSSR count). The fraction of sp³-hybridized carbons (Fsp3) is 0.538. The number of hydrogen-bond donors (Lipinski definition) is 0. The Labute approximate surface area is 83.0 Å². The molecule has 0 radical (unpaired) electrons. The maximum atomic E-state index is 2.30. The quantitative estimate of drug-likeness (QED) is 0.647. The van der Waals surface area contributed by atoms with E-state index in [-0.39, 0.29) is 0 Å². The molecule has 0 aliphatic carbocycles. The average Bonchev–Trinajstić information content (AvgIpc) is 2.22. The van der Waals surface area contributed by atoms with E-state index in [0.29, 0.717) is 0 Å². The minimum absolute atomic E-state index is 0.817. The second-order valence-electron chi connectivity index (χ2n) is 3.20.